The predicted octanol–water partition coefficient (Wildman–Crippen LogP) is 4.34. The number of ether oxygens (including phenoxy) is 2. The van der Waals surface area contributed by atoms with E-state index in [-0.39, 0.29) is 33.3 Å². The number of aromatic amines is 1. The summed E-state index contributed by atoms with van der Waals surface area (Å²) < 4.78 is 65.7. The molecule has 2 aromatic heterocycles. The van der Waals surface area contributed by atoms with E-state index in [1.165, 1.54) is 24.4 Å². The molecule has 0 bridgehead atoms. The van der Waals surface area contributed by atoms with Crippen LogP contribution in [-0.2, 0) is 6.54 Å². The van der Waals surface area contributed by atoms with E-state index < -0.39 is 47.4 Å². The number of H-pyrrole nitrogens is 1. The minimum Gasteiger partial charge on any atom is -0.477 e. The van der Waals surface area contributed by atoms with Crippen molar-refractivity contribution in [2.75, 3.05) is 0 Å². The van der Waals surface area contributed by atoms with Crippen molar-refractivity contribution in [1.82, 2.24) is 9.55 Å². The Morgan fingerprint density at radius 3 is 2.61 bits per heavy atom. The minimum atomic E-state index is -4.01. The van der Waals surface area contributed by atoms with Crippen molar-refractivity contribution in [3.63, 3.8) is 0 Å². The number of pyridine rings is 1. The van der Waals surface area contributed by atoms with E-state index in [9.17, 15) is 32.3 Å². The number of aromatic nitrogens is 2. The van der Waals surface area contributed by atoms with Crippen LogP contribution in [0.2, 0.25) is 0 Å². The lowest BCUT2D eigenvalue weighted by Crippen LogP contribution is -2.26. The molecule has 5 rings (SSSR count). The summed E-state index contributed by atoms with van der Waals surface area (Å²) in [6.45, 7) is -0.398. The summed E-state index contributed by atoms with van der Waals surface area (Å²) in [4.78, 5) is 27.3. The second-order valence-corrected chi connectivity index (χ2v) is 7.22. The van der Waals surface area contributed by atoms with Gasteiger partial charge in [0.05, 0.1) is 23.0 Å². The van der Waals surface area contributed by atoms with Gasteiger partial charge in [-0.15, -0.1) is 8.78 Å². The molecule has 0 amide bonds. The van der Waals surface area contributed by atoms with Gasteiger partial charge in [-0.25, -0.2) is 13.6 Å². The molecule has 0 atom stereocenters. The van der Waals surface area contributed by atoms with Crippen molar-refractivity contribution < 1.29 is 36.9 Å². The van der Waals surface area contributed by atoms with Crippen LogP contribution in [0.4, 0.5) is 17.6 Å². The summed E-state index contributed by atoms with van der Waals surface area (Å²) in [5.74, 6) is -4.08. The first-order valence-electron chi connectivity index (χ1n) is 9.46. The van der Waals surface area contributed by atoms with Crippen LogP contribution in [-0.4, -0.2) is 26.9 Å². The van der Waals surface area contributed by atoms with E-state index in [0.29, 0.717) is 6.07 Å². The van der Waals surface area contributed by atoms with Crippen molar-refractivity contribution in [3.8, 4) is 22.6 Å². The van der Waals surface area contributed by atoms with Gasteiger partial charge in [0.2, 0.25) is 0 Å². The van der Waals surface area contributed by atoms with Gasteiger partial charge in [0.25, 0.3) is 5.56 Å². The number of aromatic carboxylic acids is 1. The van der Waals surface area contributed by atoms with E-state index in [1.54, 1.807) is 0 Å². The Bertz CT molecular complexity index is 1510. The molecular formula is C22H12F4N2O5. The van der Waals surface area contributed by atoms with Gasteiger partial charge in [-0.1, -0.05) is 6.07 Å². The average Bonchev–Trinajstić information content (AvgIpc) is 3.23. The first-order chi connectivity index (χ1) is 15.7. The number of rotatable bonds is 4. The maximum absolute atomic E-state index is 14.4. The van der Waals surface area contributed by atoms with Crippen molar-refractivity contribution in [2.45, 2.75) is 12.8 Å². The van der Waals surface area contributed by atoms with Crippen molar-refractivity contribution >= 4 is 16.9 Å². The normalized spacial score (nSPS) is 14.1. The highest BCUT2D eigenvalue weighted by Gasteiger charge is 2.45. The summed E-state index contributed by atoms with van der Waals surface area (Å²) >= 11 is 0. The van der Waals surface area contributed by atoms with Crippen molar-refractivity contribution in [2.24, 2.45) is 0 Å². The number of hydrogen-bond acceptors (Lipinski definition) is 4. The maximum Gasteiger partial charge on any atom is 0.586 e. The highest BCUT2D eigenvalue weighted by molar-refractivity contribution is 6.11. The third kappa shape index (κ3) is 3.28. The highest BCUT2D eigenvalue weighted by atomic mass is 19.3. The Hall–Kier alpha value is -4.28. The molecule has 0 unspecified atom stereocenters. The summed E-state index contributed by atoms with van der Waals surface area (Å²) in [6.07, 6.45) is -2.69. The number of carboxylic acid groups (broad SMARTS) is 1. The summed E-state index contributed by atoms with van der Waals surface area (Å²) in [5, 5.41) is 9.91. The summed E-state index contributed by atoms with van der Waals surface area (Å²) in [5.41, 5.74) is -1.50. The molecule has 1 aliphatic heterocycles. The second kappa shape index (κ2) is 7.12. The zero-order valence-corrected chi connectivity index (χ0v) is 16.4. The zero-order chi connectivity index (χ0) is 23.5. The number of fused-ring (bicyclic) bond motifs is 3. The van der Waals surface area contributed by atoms with Crippen LogP contribution < -0.4 is 15.0 Å². The van der Waals surface area contributed by atoms with Crippen LogP contribution in [0.3, 0.4) is 0 Å². The van der Waals surface area contributed by atoms with Gasteiger partial charge in [-0.3, -0.25) is 4.79 Å². The molecule has 0 saturated carbocycles. The van der Waals surface area contributed by atoms with Crippen LogP contribution in [0, 0.1) is 11.6 Å². The molecular weight excluding hydrogens is 448 g/mol. The Kier molecular flexibility index (Phi) is 4.45. The Labute approximate surface area is 181 Å². The molecule has 168 valence electrons. The predicted molar refractivity (Wildman–Crippen MR) is 107 cm³/mol. The molecule has 7 nitrogen and oxygen atoms in total. The Morgan fingerprint density at radius 1 is 1.12 bits per heavy atom. The van der Waals surface area contributed by atoms with Crippen LogP contribution in [0.5, 0.6) is 11.5 Å². The largest absolute Gasteiger partial charge is 0.586 e. The fraction of sp³-hybridized carbons (Fsp3) is 0.0909. The van der Waals surface area contributed by atoms with Crippen LogP contribution in [0.1, 0.15) is 16.1 Å². The zero-order valence-electron chi connectivity index (χ0n) is 16.4. The number of nitrogens with one attached hydrogen (secondary N) is 1. The SMILES string of the molecule is O=C(O)c1c(-c2ccc[nH]c2=O)c2c3c(ccc2n1Cc1ccc(F)cc1F)OC(F)(F)O3. The van der Waals surface area contributed by atoms with Gasteiger partial charge in [-0.2, -0.15) is 0 Å². The fourth-order valence-corrected chi connectivity index (χ4v) is 3.93. The second-order valence-electron chi connectivity index (χ2n) is 7.22. The molecule has 2 aromatic carbocycles. The molecule has 0 fully saturated rings. The summed E-state index contributed by atoms with van der Waals surface area (Å²) in [7, 11) is 0. The highest BCUT2D eigenvalue weighted by Crippen LogP contribution is 2.50. The lowest BCUT2D eigenvalue weighted by molar-refractivity contribution is -0.286. The van der Waals surface area contributed by atoms with E-state index in [0.717, 1.165) is 22.8 Å². The van der Waals surface area contributed by atoms with Crippen LogP contribution in [0.25, 0.3) is 22.0 Å². The number of alkyl halides is 2. The van der Waals surface area contributed by atoms with Gasteiger partial charge in [0.15, 0.2) is 11.5 Å². The third-order valence-electron chi connectivity index (χ3n) is 5.23. The number of halogens is 4. The molecule has 0 spiro atoms. The third-order valence-corrected chi connectivity index (χ3v) is 5.23. The molecule has 4 aromatic rings. The molecule has 0 aliphatic carbocycles. The fourth-order valence-electron chi connectivity index (χ4n) is 3.93. The van der Waals surface area contributed by atoms with Gasteiger partial charge < -0.3 is 24.1 Å². The molecule has 0 radical (unpaired) electrons. The maximum atomic E-state index is 14.4. The quantitative estimate of drug-likeness (QED) is 0.442. The number of nitrogens with zero attached hydrogens (tertiary/aromatic N) is 1. The minimum absolute atomic E-state index is 0.0627. The van der Waals surface area contributed by atoms with Crippen LogP contribution >= 0.6 is 0 Å². The number of benzene rings is 2. The number of carboxylic acids is 1. The molecule has 2 N–H and O–H groups in total. The van der Waals surface area contributed by atoms with Gasteiger partial charge in [-0.05, 0) is 30.3 Å². The van der Waals surface area contributed by atoms with Crippen molar-refractivity contribution in [1.29, 1.82) is 0 Å². The molecule has 11 heteroatoms. The van der Waals surface area contributed by atoms with Gasteiger partial charge in [0, 0.05) is 23.4 Å². The first-order valence-corrected chi connectivity index (χ1v) is 9.46. The van der Waals surface area contributed by atoms with E-state index in [4.69, 9.17) is 0 Å². The average molecular weight is 460 g/mol. The smallest absolute Gasteiger partial charge is 0.477 e. The number of carbonyl (C=O) groups is 1. The van der Waals surface area contributed by atoms with E-state index >= 15 is 0 Å². The lowest BCUT2D eigenvalue weighted by atomic mass is 10.0. The molecule has 0 saturated heterocycles. The lowest BCUT2D eigenvalue weighted by Gasteiger charge is -2.10. The van der Waals surface area contributed by atoms with E-state index in [1.807, 2.05) is 0 Å². The van der Waals surface area contributed by atoms with Gasteiger partial charge >= 0.3 is 12.3 Å². The molecule has 1 aliphatic rings. The van der Waals surface area contributed by atoms with E-state index in [2.05, 4.69) is 14.5 Å². The molecule has 33 heavy (non-hydrogen) atoms. The topological polar surface area (TPSA) is 93.6 Å². The summed E-state index contributed by atoms with van der Waals surface area (Å²) in [6, 6.07) is 7.98. The standard InChI is InChI=1S/C22H12F4N2O5/c23-11-4-3-10(13(24)8-11)9-28-14-5-6-15-19(33-22(25,26)32-15)17(14)16(18(28)21(30)31)12-2-1-7-27-20(12)29/h1-8H,9H2,(H,27,29)(H,30,31). The number of hydrogen-bond donors (Lipinski definition) is 2. The first kappa shape index (κ1) is 20.6. The van der Waals surface area contributed by atoms with Crippen LogP contribution in [0.15, 0.2) is 53.5 Å². The van der Waals surface area contributed by atoms with Crippen molar-refractivity contribution in [3.05, 3.63) is 81.9 Å². The Morgan fingerprint density at radius 2 is 1.91 bits per heavy atom. The Balaban J connectivity index is 1.88. The van der Waals surface area contributed by atoms with Gasteiger partial charge in [0.1, 0.15) is 17.3 Å². The molecule has 3 heterocycles. The monoisotopic (exact) mass is 460 g/mol.